The molecular weight excluding hydrogens is 232 g/mol. The number of nitrogens with two attached hydrogens (primary N) is 1. The quantitative estimate of drug-likeness (QED) is 0.725. The van der Waals surface area contributed by atoms with Crippen LogP contribution in [0.15, 0.2) is 6.20 Å². The molecule has 2 fully saturated rings. The van der Waals surface area contributed by atoms with E-state index in [4.69, 9.17) is 5.73 Å². The molecule has 1 aromatic rings. The minimum Gasteiger partial charge on any atom is -0.396 e. The Balaban J connectivity index is 1.80. The van der Waals surface area contributed by atoms with Gasteiger partial charge in [-0.25, -0.2) is 0 Å². The van der Waals surface area contributed by atoms with Gasteiger partial charge in [0.1, 0.15) is 5.69 Å². The van der Waals surface area contributed by atoms with Crippen LogP contribution in [0, 0.1) is 11.8 Å². The number of nitrogen functional groups attached to an aromatic ring is 1. The number of anilines is 1. The lowest BCUT2D eigenvalue weighted by Crippen LogP contribution is -2.32. The van der Waals surface area contributed by atoms with Gasteiger partial charge in [-0.2, -0.15) is 5.10 Å². The lowest BCUT2D eigenvalue weighted by molar-refractivity contribution is 0.0743. The maximum atomic E-state index is 12.4. The highest BCUT2D eigenvalue weighted by molar-refractivity contribution is 5.97. The molecule has 18 heavy (non-hydrogen) atoms. The number of carbonyl (C=O) groups excluding carboxylic acids is 1. The first kappa shape index (κ1) is 11.5. The molecule has 1 saturated carbocycles. The molecule has 1 aliphatic carbocycles. The van der Waals surface area contributed by atoms with Gasteiger partial charge in [0.25, 0.3) is 5.91 Å². The molecule has 3 unspecified atom stereocenters. The lowest BCUT2D eigenvalue weighted by Gasteiger charge is -2.18. The number of hydrogen-bond donors (Lipinski definition) is 2. The van der Waals surface area contributed by atoms with E-state index in [9.17, 15) is 9.90 Å². The fraction of sp³-hybridized carbons (Fsp3) is 0.667. The number of aryl methyl sites for hydroxylation is 1. The van der Waals surface area contributed by atoms with E-state index in [2.05, 4.69) is 5.10 Å². The van der Waals surface area contributed by atoms with E-state index < -0.39 is 0 Å². The number of rotatable bonds is 1. The molecule has 3 atom stereocenters. The van der Waals surface area contributed by atoms with E-state index >= 15 is 0 Å². The molecule has 1 saturated heterocycles. The van der Waals surface area contributed by atoms with Crippen molar-refractivity contribution in [3.63, 3.8) is 0 Å². The molecule has 1 aliphatic heterocycles. The van der Waals surface area contributed by atoms with Crippen molar-refractivity contribution in [1.29, 1.82) is 0 Å². The van der Waals surface area contributed by atoms with Gasteiger partial charge in [-0.05, 0) is 18.8 Å². The Morgan fingerprint density at radius 2 is 2.28 bits per heavy atom. The second kappa shape index (κ2) is 3.98. The standard InChI is InChI=1S/C12H18N4O2/c1-15-11(9(13)4-14-15)12(18)16-5-7-2-3-10(17)8(7)6-16/h4,7-8,10,17H,2-3,5-6,13H2,1H3. The number of aliphatic hydroxyl groups excluding tert-OH is 1. The van der Waals surface area contributed by atoms with Crippen molar-refractivity contribution >= 4 is 11.6 Å². The van der Waals surface area contributed by atoms with Crippen LogP contribution in [0.5, 0.6) is 0 Å². The number of nitrogens with zero attached hydrogens (tertiary/aromatic N) is 3. The van der Waals surface area contributed by atoms with Gasteiger partial charge < -0.3 is 15.7 Å². The zero-order chi connectivity index (χ0) is 12.9. The van der Waals surface area contributed by atoms with Gasteiger partial charge in [0.15, 0.2) is 0 Å². The predicted molar refractivity (Wildman–Crippen MR) is 65.7 cm³/mol. The summed E-state index contributed by atoms with van der Waals surface area (Å²) < 4.78 is 1.52. The largest absolute Gasteiger partial charge is 0.396 e. The van der Waals surface area contributed by atoms with E-state index in [1.165, 1.54) is 10.9 Å². The highest BCUT2D eigenvalue weighted by atomic mass is 16.3. The summed E-state index contributed by atoms with van der Waals surface area (Å²) in [6.45, 7) is 1.36. The number of carbonyl (C=O) groups is 1. The Morgan fingerprint density at radius 3 is 2.89 bits per heavy atom. The SMILES string of the molecule is Cn1ncc(N)c1C(=O)N1CC2CCC(O)C2C1. The normalized spacial score (nSPS) is 30.8. The molecule has 0 spiro atoms. The van der Waals surface area contributed by atoms with Crippen LogP contribution in [0.4, 0.5) is 5.69 Å². The van der Waals surface area contributed by atoms with Crippen molar-refractivity contribution in [3.8, 4) is 0 Å². The summed E-state index contributed by atoms with van der Waals surface area (Å²) >= 11 is 0. The van der Waals surface area contributed by atoms with Crippen LogP contribution in [0.25, 0.3) is 0 Å². The van der Waals surface area contributed by atoms with Gasteiger partial charge in [0, 0.05) is 26.1 Å². The van der Waals surface area contributed by atoms with Gasteiger partial charge in [0.2, 0.25) is 0 Å². The number of likely N-dealkylation sites (tertiary alicyclic amines) is 1. The van der Waals surface area contributed by atoms with E-state index in [0.717, 1.165) is 19.4 Å². The summed E-state index contributed by atoms with van der Waals surface area (Å²) in [6, 6.07) is 0. The van der Waals surface area contributed by atoms with Crippen LogP contribution in [-0.2, 0) is 7.05 Å². The van der Waals surface area contributed by atoms with Gasteiger partial charge in [-0.1, -0.05) is 0 Å². The molecule has 3 N–H and O–H groups in total. The summed E-state index contributed by atoms with van der Waals surface area (Å²) in [7, 11) is 1.72. The average molecular weight is 250 g/mol. The monoisotopic (exact) mass is 250 g/mol. The number of aromatic nitrogens is 2. The van der Waals surface area contributed by atoms with Gasteiger partial charge >= 0.3 is 0 Å². The highest BCUT2D eigenvalue weighted by Gasteiger charge is 2.43. The fourth-order valence-electron chi connectivity index (χ4n) is 3.27. The first-order valence-electron chi connectivity index (χ1n) is 6.32. The van der Waals surface area contributed by atoms with Crippen LogP contribution in [0.2, 0.25) is 0 Å². The molecule has 1 amide bonds. The Kier molecular flexibility index (Phi) is 2.55. The maximum absolute atomic E-state index is 12.4. The minimum absolute atomic E-state index is 0.0749. The van der Waals surface area contributed by atoms with Crippen molar-refractivity contribution in [3.05, 3.63) is 11.9 Å². The topological polar surface area (TPSA) is 84.4 Å². The molecule has 0 bridgehead atoms. The molecule has 3 rings (SSSR count). The summed E-state index contributed by atoms with van der Waals surface area (Å²) in [5.41, 5.74) is 6.64. The molecule has 0 aromatic carbocycles. The van der Waals surface area contributed by atoms with E-state index in [1.54, 1.807) is 11.9 Å². The highest BCUT2D eigenvalue weighted by Crippen LogP contribution is 2.38. The molecule has 0 radical (unpaired) electrons. The van der Waals surface area contributed by atoms with Crippen molar-refractivity contribution in [2.75, 3.05) is 18.8 Å². The predicted octanol–water partition coefficient (Wildman–Crippen LogP) is -0.155. The van der Waals surface area contributed by atoms with Crippen molar-refractivity contribution in [2.45, 2.75) is 18.9 Å². The molecule has 98 valence electrons. The van der Waals surface area contributed by atoms with Crippen LogP contribution >= 0.6 is 0 Å². The zero-order valence-corrected chi connectivity index (χ0v) is 10.4. The van der Waals surface area contributed by atoms with Crippen LogP contribution in [0.1, 0.15) is 23.3 Å². The van der Waals surface area contributed by atoms with E-state index in [0.29, 0.717) is 23.8 Å². The summed E-state index contributed by atoms with van der Waals surface area (Å²) in [5, 5.41) is 13.8. The molecule has 1 aromatic heterocycles. The second-order valence-corrected chi connectivity index (χ2v) is 5.35. The van der Waals surface area contributed by atoms with Crippen molar-refractivity contribution < 1.29 is 9.90 Å². The van der Waals surface area contributed by atoms with Gasteiger partial charge in [-0.15, -0.1) is 0 Å². The molecule has 6 nitrogen and oxygen atoms in total. The van der Waals surface area contributed by atoms with Gasteiger partial charge in [0.05, 0.1) is 18.0 Å². The number of aliphatic hydroxyl groups is 1. The first-order valence-corrected chi connectivity index (χ1v) is 6.32. The lowest BCUT2D eigenvalue weighted by atomic mass is 10.00. The van der Waals surface area contributed by atoms with E-state index in [-0.39, 0.29) is 17.9 Å². The van der Waals surface area contributed by atoms with Crippen LogP contribution in [0.3, 0.4) is 0 Å². The second-order valence-electron chi connectivity index (χ2n) is 5.35. The smallest absolute Gasteiger partial charge is 0.274 e. The molecular formula is C12H18N4O2. The van der Waals surface area contributed by atoms with Crippen LogP contribution in [-0.4, -0.2) is 44.9 Å². The molecule has 2 aliphatic rings. The summed E-state index contributed by atoms with van der Waals surface area (Å²) in [6.07, 6.45) is 3.12. The minimum atomic E-state index is -0.253. The number of fused-ring (bicyclic) bond motifs is 1. The average Bonchev–Trinajstić information content (AvgIpc) is 2.97. The summed E-state index contributed by atoms with van der Waals surface area (Å²) in [4.78, 5) is 14.2. The van der Waals surface area contributed by atoms with Crippen molar-refractivity contribution in [1.82, 2.24) is 14.7 Å². The van der Waals surface area contributed by atoms with Gasteiger partial charge in [-0.3, -0.25) is 9.48 Å². The number of hydrogen-bond acceptors (Lipinski definition) is 4. The Hall–Kier alpha value is -1.56. The van der Waals surface area contributed by atoms with Crippen LogP contribution < -0.4 is 5.73 Å². The third kappa shape index (κ3) is 1.59. The maximum Gasteiger partial charge on any atom is 0.274 e. The number of amides is 1. The zero-order valence-electron chi connectivity index (χ0n) is 10.4. The first-order chi connectivity index (χ1) is 8.58. The summed E-state index contributed by atoms with van der Waals surface area (Å²) in [5.74, 6) is 0.607. The molecule has 6 heteroatoms. The third-order valence-corrected chi connectivity index (χ3v) is 4.28. The fourth-order valence-corrected chi connectivity index (χ4v) is 3.27. The Labute approximate surface area is 105 Å². The Bertz CT molecular complexity index is 465. The Morgan fingerprint density at radius 1 is 1.50 bits per heavy atom. The molecule has 2 heterocycles. The van der Waals surface area contributed by atoms with Crippen molar-refractivity contribution in [2.24, 2.45) is 18.9 Å². The third-order valence-electron chi connectivity index (χ3n) is 4.28. The van der Waals surface area contributed by atoms with E-state index in [1.807, 2.05) is 0 Å².